The molecule has 1 heterocycles. The first-order valence-corrected chi connectivity index (χ1v) is 4.06. The van der Waals surface area contributed by atoms with Crippen molar-refractivity contribution < 1.29 is 13.2 Å². The van der Waals surface area contributed by atoms with Crippen LogP contribution in [-0.2, 0) is 12.7 Å². The van der Waals surface area contributed by atoms with E-state index >= 15 is 0 Å². The minimum Gasteiger partial charge on any atom is -0.335 e. The van der Waals surface area contributed by atoms with Crippen LogP contribution in [0.1, 0.15) is 24.9 Å². The molecule has 1 aromatic rings. The van der Waals surface area contributed by atoms with Crippen molar-refractivity contribution in [2.24, 2.45) is 0 Å². The van der Waals surface area contributed by atoms with Crippen LogP contribution in [0.25, 0.3) is 0 Å². The molecule has 0 spiro atoms. The predicted molar refractivity (Wildman–Crippen MR) is 42.3 cm³/mol. The second-order valence-electron chi connectivity index (χ2n) is 2.86. The van der Waals surface area contributed by atoms with Gasteiger partial charge < -0.3 is 4.57 Å². The highest BCUT2D eigenvalue weighted by Crippen LogP contribution is 2.28. The Morgan fingerprint density at radius 1 is 1.46 bits per heavy atom. The summed E-state index contributed by atoms with van der Waals surface area (Å²) in [7, 11) is 0. The fourth-order valence-corrected chi connectivity index (χ4v) is 1.11. The number of nitrogens with zero attached hydrogens (tertiary/aromatic N) is 2. The third-order valence-electron chi connectivity index (χ3n) is 1.73. The zero-order valence-corrected chi connectivity index (χ0v) is 7.52. The number of hydrogen-bond donors (Lipinski definition) is 0. The molecule has 1 aromatic heterocycles. The van der Waals surface area contributed by atoms with E-state index < -0.39 is 11.9 Å². The van der Waals surface area contributed by atoms with Crippen LogP contribution in [0.5, 0.6) is 0 Å². The normalized spacial score (nSPS) is 12.1. The Labute approximate surface area is 74.4 Å². The fraction of sp³-hybridized carbons (Fsp3) is 0.625. The molecule has 74 valence electrons. The Morgan fingerprint density at radius 3 is 2.46 bits per heavy atom. The summed E-state index contributed by atoms with van der Waals surface area (Å²) in [6, 6.07) is 0. The molecule has 0 aliphatic carbocycles. The maximum atomic E-state index is 12.1. The molecule has 13 heavy (non-hydrogen) atoms. The summed E-state index contributed by atoms with van der Waals surface area (Å²) in [5, 5.41) is 0. The van der Waals surface area contributed by atoms with Crippen LogP contribution in [-0.4, -0.2) is 9.55 Å². The monoisotopic (exact) mass is 192 g/mol. The zero-order chi connectivity index (χ0) is 10.1. The lowest BCUT2D eigenvalue weighted by molar-refractivity contribution is -0.141. The van der Waals surface area contributed by atoms with Gasteiger partial charge in [0.1, 0.15) is 5.82 Å². The van der Waals surface area contributed by atoms with Crippen LogP contribution in [0.3, 0.4) is 0 Å². The van der Waals surface area contributed by atoms with Crippen molar-refractivity contribution >= 4 is 0 Å². The van der Waals surface area contributed by atoms with E-state index in [2.05, 4.69) is 4.98 Å². The van der Waals surface area contributed by atoms with Crippen LogP contribution in [0.2, 0.25) is 0 Å². The van der Waals surface area contributed by atoms with Crippen molar-refractivity contribution in [2.45, 2.75) is 33.0 Å². The van der Waals surface area contributed by atoms with Gasteiger partial charge in [-0.05, 0) is 13.3 Å². The molecule has 0 unspecified atom stereocenters. The molecule has 0 aromatic carbocycles. The highest BCUT2D eigenvalue weighted by Gasteiger charge is 2.34. The summed E-state index contributed by atoms with van der Waals surface area (Å²) in [6.45, 7) is 4.06. The number of rotatable bonds is 2. The Morgan fingerprint density at radius 2 is 2.08 bits per heavy atom. The third-order valence-corrected chi connectivity index (χ3v) is 1.73. The predicted octanol–water partition coefficient (Wildman–Crippen LogP) is 2.62. The van der Waals surface area contributed by atoms with Gasteiger partial charge in [0.15, 0.2) is 5.69 Å². The molecule has 0 saturated carbocycles. The number of hydrogen-bond acceptors (Lipinski definition) is 1. The van der Waals surface area contributed by atoms with Crippen molar-refractivity contribution in [1.29, 1.82) is 0 Å². The number of imidazole rings is 1. The van der Waals surface area contributed by atoms with E-state index in [1.54, 1.807) is 6.92 Å². The fourth-order valence-electron chi connectivity index (χ4n) is 1.11. The first-order chi connectivity index (χ1) is 5.95. The topological polar surface area (TPSA) is 17.8 Å². The largest absolute Gasteiger partial charge is 0.434 e. The van der Waals surface area contributed by atoms with Gasteiger partial charge in [0.05, 0.1) is 0 Å². The first kappa shape index (κ1) is 10.1. The molecule has 0 saturated heterocycles. The Bertz CT molecular complexity index is 288. The number of alkyl halides is 3. The molecular formula is C8H11F3N2. The van der Waals surface area contributed by atoms with Gasteiger partial charge in [0, 0.05) is 12.7 Å². The molecule has 0 aliphatic heterocycles. The molecule has 5 heteroatoms. The number of aryl methyl sites for hydroxylation is 2. The van der Waals surface area contributed by atoms with E-state index in [0.29, 0.717) is 12.4 Å². The average Bonchev–Trinajstić information content (AvgIpc) is 2.32. The molecular weight excluding hydrogens is 181 g/mol. The highest BCUT2D eigenvalue weighted by atomic mass is 19.4. The van der Waals surface area contributed by atoms with Crippen molar-refractivity contribution in [2.75, 3.05) is 0 Å². The van der Waals surface area contributed by atoms with Gasteiger partial charge in [-0.15, -0.1) is 0 Å². The summed E-state index contributed by atoms with van der Waals surface area (Å²) in [4.78, 5) is 3.44. The third kappa shape index (κ3) is 2.23. The molecule has 0 atom stereocenters. The van der Waals surface area contributed by atoms with Gasteiger partial charge in [-0.25, -0.2) is 4.98 Å². The van der Waals surface area contributed by atoms with Crippen LogP contribution in [0.4, 0.5) is 13.2 Å². The van der Waals surface area contributed by atoms with E-state index in [-0.39, 0.29) is 0 Å². The van der Waals surface area contributed by atoms with Gasteiger partial charge in [-0.1, -0.05) is 6.92 Å². The lowest BCUT2D eigenvalue weighted by atomic mass is 10.4. The molecule has 0 fully saturated rings. The van der Waals surface area contributed by atoms with Crippen LogP contribution in [0.15, 0.2) is 6.20 Å². The second-order valence-corrected chi connectivity index (χ2v) is 2.86. The SMILES string of the molecule is CCCn1cc(C(F)(F)F)nc1C. The molecule has 0 aliphatic rings. The van der Waals surface area contributed by atoms with E-state index in [4.69, 9.17) is 0 Å². The summed E-state index contributed by atoms with van der Waals surface area (Å²) >= 11 is 0. The van der Waals surface area contributed by atoms with Crippen molar-refractivity contribution in [3.05, 3.63) is 17.7 Å². The molecule has 0 amide bonds. The summed E-state index contributed by atoms with van der Waals surface area (Å²) in [5.41, 5.74) is -0.807. The molecule has 1 rings (SSSR count). The van der Waals surface area contributed by atoms with Gasteiger partial charge >= 0.3 is 6.18 Å². The van der Waals surface area contributed by atoms with Crippen LogP contribution in [0, 0.1) is 6.92 Å². The molecule has 0 radical (unpaired) electrons. The summed E-state index contributed by atoms with van der Waals surface area (Å²) in [6.07, 6.45) is -2.48. The average molecular weight is 192 g/mol. The molecule has 2 nitrogen and oxygen atoms in total. The second kappa shape index (κ2) is 3.40. The molecule has 0 N–H and O–H groups in total. The van der Waals surface area contributed by atoms with E-state index in [9.17, 15) is 13.2 Å². The maximum absolute atomic E-state index is 12.1. The summed E-state index contributed by atoms with van der Waals surface area (Å²) in [5.74, 6) is 0.411. The van der Waals surface area contributed by atoms with Gasteiger partial charge in [0.25, 0.3) is 0 Å². The van der Waals surface area contributed by atoms with Gasteiger partial charge in [0.2, 0.25) is 0 Å². The zero-order valence-electron chi connectivity index (χ0n) is 7.52. The van der Waals surface area contributed by atoms with Crippen molar-refractivity contribution in [3.63, 3.8) is 0 Å². The van der Waals surface area contributed by atoms with E-state index in [0.717, 1.165) is 12.6 Å². The van der Waals surface area contributed by atoms with Crippen molar-refractivity contribution in [1.82, 2.24) is 9.55 Å². The minimum absolute atomic E-state index is 0.411. The van der Waals surface area contributed by atoms with Crippen LogP contribution >= 0.6 is 0 Å². The van der Waals surface area contributed by atoms with E-state index in [1.807, 2.05) is 6.92 Å². The Kier molecular flexibility index (Phi) is 2.63. The van der Waals surface area contributed by atoms with Crippen LogP contribution < -0.4 is 0 Å². The lowest BCUT2D eigenvalue weighted by Gasteiger charge is -2.00. The lowest BCUT2D eigenvalue weighted by Crippen LogP contribution is -2.05. The van der Waals surface area contributed by atoms with E-state index in [1.165, 1.54) is 4.57 Å². The Hall–Kier alpha value is -1.00. The Balaban J connectivity index is 2.95. The number of aromatic nitrogens is 2. The summed E-state index contributed by atoms with van der Waals surface area (Å²) < 4.78 is 38.0. The van der Waals surface area contributed by atoms with Crippen molar-refractivity contribution in [3.8, 4) is 0 Å². The first-order valence-electron chi connectivity index (χ1n) is 4.06. The highest BCUT2D eigenvalue weighted by molar-refractivity contribution is 5.06. The standard InChI is InChI=1S/C8H11F3N2/c1-3-4-13-5-7(8(9,10)11)12-6(13)2/h5H,3-4H2,1-2H3. The number of halogens is 3. The molecule has 0 bridgehead atoms. The quantitative estimate of drug-likeness (QED) is 0.704. The minimum atomic E-state index is -4.33. The maximum Gasteiger partial charge on any atom is 0.434 e. The van der Waals surface area contributed by atoms with Gasteiger partial charge in [-0.3, -0.25) is 0 Å². The van der Waals surface area contributed by atoms with Gasteiger partial charge in [-0.2, -0.15) is 13.2 Å². The smallest absolute Gasteiger partial charge is 0.335 e.